The third kappa shape index (κ3) is 5.13. The smallest absolute Gasteiger partial charge is 0.188 e. The van der Waals surface area contributed by atoms with Crippen LogP contribution in [0.2, 0.25) is 5.02 Å². The number of nitrogens with zero attached hydrogens (tertiary/aromatic N) is 5. The van der Waals surface area contributed by atoms with Crippen molar-refractivity contribution in [3.05, 3.63) is 88.5 Å². The van der Waals surface area contributed by atoms with Gasteiger partial charge in [0, 0.05) is 49.2 Å². The standard InChI is InChI=1S/C25H23ClN6O/c1-27-19-8-9-20-21(15-19)24(29-16-17-7-10-23(33-3)22(26)14-17)30-31-25(20)32(2)13-11-18-6-4-5-12-28-18/h4-10,12,14-15H,11,13,16H2,2-3H3,(H,29,30). The molecule has 0 unspecified atom stereocenters. The van der Waals surface area contributed by atoms with E-state index in [2.05, 4.69) is 30.2 Å². The van der Waals surface area contributed by atoms with Crippen molar-refractivity contribution in [1.82, 2.24) is 15.2 Å². The highest BCUT2D eigenvalue weighted by molar-refractivity contribution is 6.32. The molecule has 0 aliphatic rings. The summed E-state index contributed by atoms with van der Waals surface area (Å²) in [4.78, 5) is 10.0. The number of aromatic nitrogens is 3. The molecule has 1 N–H and O–H groups in total. The Morgan fingerprint density at radius 1 is 1.09 bits per heavy atom. The number of methoxy groups -OCH3 is 1. The normalized spacial score (nSPS) is 10.6. The monoisotopic (exact) mass is 458 g/mol. The molecule has 0 aliphatic heterocycles. The average molecular weight is 459 g/mol. The largest absolute Gasteiger partial charge is 0.495 e. The summed E-state index contributed by atoms with van der Waals surface area (Å²) >= 11 is 6.25. The molecule has 0 bridgehead atoms. The van der Waals surface area contributed by atoms with Gasteiger partial charge in [0.15, 0.2) is 17.3 Å². The van der Waals surface area contributed by atoms with E-state index >= 15 is 0 Å². The van der Waals surface area contributed by atoms with Crippen LogP contribution in [0.15, 0.2) is 60.8 Å². The molecular formula is C25H23ClN6O. The van der Waals surface area contributed by atoms with E-state index in [1.807, 2.05) is 55.6 Å². The van der Waals surface area contributed by atoms with Crippen LogP contribution >= 0.6 is 11.6 Å². The zero-order valence-electron chi connectivity index (χ0n) is 18.4. The summed E-state index contributed by atoms with van der Waals surface area (Å²) in [7, 11) is 3.58. The van der Waals surface area contributed by atoms with Gasteiger partial charge >= 0.3 is 0 Å². The second-order valence-electron chi connectivity index (χ2n) is 7.53. The summed E-state index contributed by atoms with van der Waals surface area (Å²) in [5.74, 6) is 2.00. The molecule has 33 heavy (non-hydrogen) atoms. The molecule has 0 radical (unpaired) electrons. The predicted molar refractivity (Wildman–Crippen MR) is 132 cm³/mol. The van der Waals surface area contributed by atoms with Crippen molar-refractivity contribution in [2.45, 2.75) is 13.0 Å². The fourth-order valence-electron chi connectivity index (χ4n) is 3.55. The third-order valence-electron chi connectivity index (χ3n) is 5.34. The van der Waals surface area contributed by atoms with E-state index in [1.54, 1.807) is 19.4 Å². The maximum atomic E-state index is 7.41. The summed E-state index contributed by atoms with van der Waals surface area (Å²) in [6.45, 7) is 8.66. The van der Waals surface area contributed by atoms with Gasteiger partial charge in [-0.1, -0.05) is 35.9 Å². The van der Waals surface area contributed by atoms with Crippen molar-refractivity contribution < 1.29 is 4.74 Å². The Kier molecular flexibility index (Phi) is 6.86. The Bertz CT molecular complexity index is 1310. The van der Waals surface area contributed by atoms with Crippen LogP contribution in [-0.2, 0) is 13.0 Å². The summed E-state index contributed by atoms with van der Waals surface area (Å²) in [5, 5.41) is 14.6. The van der Waals surface area contributed by atoms with Crippen LogP contribution in [0.1, 0.15) is 11.3 Å². The highest BCUT2D eigenvalue weighted by atomic mass is 35.5. The van der Waals surface area contributed by atoms with Crippen LogP contribution in [-0.4, -0.2) is 35.9 Å². The predicted octanol–water partition coefficient (Wildman–Crippen LogP) is 5.53. The average Bonchev–Trinajstić information content (AvgIpc) is 2.86. The van der Waals surface area contributed by atoms with Crippen molar-refractivity contribution in [2.24, 2.45) is 0 Å². The van der Waals surface area contributed by atoms with Gasteiger partial charge in [0.25, 0.3) is 0 Å². The van der Waals surface area contributed by atoms with Gasteiger partial charge in [0.05, 0.1) is 18.7 Å². The molecule has 0 saturated carbocycles. The third-order valence-corrected chi connectivity index (χ3v) is 5.64. The number of hydrogen-bond donors (Lipinski definition) is 1. The number of ether oxygens (including phenoxy) is 1. The maximum absolute atomic E-state index is 7.41. The molecule has 0 amide bonds. The molecule has 4 rings (SSSR count). The lowest BCUT2D eigenvalue weighted by atomic mass is 10.1. The molecule has 7 nitrogen and oxygen atoms in total. The number of anilines is 2. The Labute approximate surface area is 197 Å². The molecule has 2 heterocycles. The van der Waals surface area contributed by atoms with Crippen molar-refractivity contribution in [3.63, 3.8) is 0 Å². The van der Waals surface area contributed by atoms with E-state index < -0.39 is 0 Å². The van der Waals surface area contributed by atoms with Gasteiger partial charge in [-0.25, -0.2) is 4.85 Å². The number of pyridine rings is 1. The number of hydrogen-bond acceptors (Lipinski definition) is 6. The van der Waals surface area contributed by atoms with Crippen LogP contribution in [0.5, 0.6) is 5.75 Å². The molecular weight excluding hydrogens is 436 g/mol. The van der Waals surface area contributed by atoms with E-state index in [9.17, 15) is 0 Å². The second kappa shape index (κ2) is 10.2. The lowest BCUT2D eigenvalue weighted by Gasteiger charge is -2.20. The van der Waals surface area contributed by atoms with Gasteiger partial charge in [-0.15, -0.1) is 10.2 Å². The first-order chi connectivity index (χ1) is 16.1. The first kappa shape index (κ1) is 22.3. The van der Waals surface area contributed by atoms with Gasteiger partial charge in [-0.3, -0.25) is 4.98 Å². The molecule has 0 saturated heterocycles. The van der Waals surface area contributed by atoms with Crippen LogP contribution in [0.4, 0.5) is 17.3 Å². The van der Waals surface area contributed by atoms with Crippen LogP contribution in [0.3, 0.4) is 0 Å². The molecule has 0 aliphatic carbocycles. The summed E-state index contributed by atoms with van der Waals surface area (Å²) < 4.78 is 5.22. The number of halogens is 1. The van der Waals surface area contributed by atoms with Crippen LogP contribution < -0.4 is 15.0 Å². The zero-order valence-corrected chi connectivity index (χ0v) is 19.2. The van der Waals surface area contributed by atoms with E-state index in [0.29, 0.717) is 28.8 Å². The summed E-state index contributed by atoms with van der Waals surface area (Å²) in [5.41, 5.74) is 2.55. The fourth-order valence-corrected chi connectivity index (χ4v) is 3.83. The topological polar surface area (TPSA) is 67.5 Å². The molecule has 166 valence electrons. The van der Waals surface area contributed by atoms with Crippen LogP contribution in [0.25, 0.3) is 15.6 Å². The van der Waals surface area contributed by atoms with Gasteiger partial charge in [-0.05, 0) is 35.9 Å². The number of fused-ring (bicyclic) bond motifs is 1. The van der Waals surface area contributed by atoms with Gasteiger partial charge in [0.2, 0.25) is 0 Å². The van der Waals surface area contributed by atoms with E-state index in [4.69, 9.17) is 22.9 Å². The fraction of sp³-hybridized carbons (Fsp3) is 0.200. The first-order valence-corrected chi connectivity index (χ1v) is 10.8. The molecule has 2 aromatic carbocycles. The van der Waals surface area contributed by atoms with Crippen LogP contribution in [0, 0.1) is 6.57 Å². The molecule has 8 heteroatoms. The minimum absolute atomic E-state index is 0.505. The van der Waals surface area contributed by atoms with E-state index in [1.165, 1.54) is 0 Å². The van der Waals surface area contributed by atoms with E-state index in [-0.39, 0.29) is 0 Å². The van der Waals surface area contributed by atoms with Gasteiger partial charge in [-0.2, -0.15) is 0 Å². The molecule has 0 atom stereocenters. The number of benzene rings is 2. The SMILES string of the molecule is [C-]#[N+]c1ccc2c(N(C)CCc3ccccn3)nnc(NCc3ccc(OC)c(Cl)c3)c2c1. The maximum Gasteiger partial charge on any atom is 0.188 e. The van der Waals surface area contributed by atoms with E-state index in [0.717, 1.165) is 40.8 Å². The highest BCUT2D eigenvalue weighted by Gasteiger charge is 2.14. The lowest BCUT2D eigenvalue weighted by molar-refractivity contribution is 0.415. The first-order valence-electron chi connectivity index (χ1n) is 10.4. The Balaban J connectivity index is 1.60. The Morgan fingerprint density at radius 2 is 1.97 bits per heavy atom. The highest BCUT2D eigenvalue weighted by Crippen LogP contribution is 2.32. The lowest BCUT2D eigenvalue weighted by Crippen LogP contribution is -2.22. The van der Waals surface area contributed by atoms with Crippen molar-refractivity contribution in [3.8, 4) is 5.75 Å². The van der Waals surface area contributed by atoms with Crippen molar-refractivity contribution in [2.75, 3.05) is 30.9 Å². The summed E-state index contributed by atoms with van der Waals surface area (Å²) in [6, 6.07) is 17.1. The molecule has 0 fully saturated rings. The minimum Gasteiger partial charge on any atom is -0.495 e. The molecule has 4 aromatic rings. The molecule has 2 aromatic heterocycles. The van der Waals surface area contributed by atoms with Crippen molar-refractivity contribution >= 4 is 39.7 Å². The van der Waals surface area contributed by atoms with Gasteiger partial charge < -0.3 is 15.0 Å². The zero-order chi connectivity index (χ0) is 23.2. The number of rotatable bonds is 8. The van der Waals surface area contributed by atoms with Crippen molar-refractivity contribution in [1.29, 1.82) is 0 Å². The Morgan fingerprint density at radius 3 is 2.70 bits per heavy atom. The second-order valence-corrected chi connectivity index (χ2v) is 7.94. The molecule has 0 spiro atoms. The quantitative estimate of drug-likeness (QED) is 0.350. The van der Waals surface area contributed by atoms with Gasteiger partial charge in [0.1, 0.15) is 5.75 Å². The Hall–Kier alpha value is -3.89. The number of nitrogens with one attached hydrogen (secondary N) is 1. The minimum atomic E-state index is 0.505. The number of likely N-dealkylation sites (N-methyl/N-ethyl adjacent to an activating group) is 1. The summed E-state index contributed by atoms with van der Waals surface area (Å²) in [6.07, 6.45) is 2.59.